The number of hydrogen-bond acceptors (Lipinski definition) is 6. The molecule has 3 aliphatic heterocycles. The zero-order valence-corrected chi connectivity index (χ0v) is 17.9. The lowest BCUT2D eigenvalue weighted by Crippen LogP contribution is -2.29. The van der Waals surface area contributed by atoms with Crippen LogP contribution in [-0.2, 0) is 9.59 Å². The second-order valence-electron chi connectivity index (χ2n) is 7.34. The Hall–Kier alpha value is -2.06. The van der Waals surface area contributed by atoms with E-state index in [0.717, 1.165) is 56.5 Å². The summed E-state index contributed by atoms with van der Waals surface area (Å²) in [5.74, 6) is 1.63. The molecule has 0 unspecified atom stereocenters. The number of hydrogen-bond donors (Lipinski definition) is 0. The number of nitrogens with zero attached hydrogens (tertiary/aromatic N) is 2. The fourth-order valence-electron chi connectivity index (χ4n) is 3.69. The van der Waals surface area contributed by atoms with Crippen LogP contribution in [0.25, 0.3) is 6.08 Å². The number of ether oxygens (including phenoxy) is 2. The Morgan fingerprint density at radius 1 is 1.14 bits per heavy atom. The maximum absolute atomic E-state index is 12.7. The van der Waals surface area contributed by atoms with Gasteiger partial charge in [-0.3, -0.25) is 14.5 Å². The molecule has 1 aromatic carbocycles. The van der Waals surface area contributed by atoms with Crippen molar-refractivity contribution in [3.05, 3.63) is 28.7 Å². The molecule has 3 heterocycles. The van der Waals surface area contributed by atoms with E-state index >= 15 is 0 Å². The lowest BCUT2D eigenvalue weighted by Gasteiger charge is -2.16. The summed E-state index contributed by atoms with van der Waals surface area (Å²) in [4.78, 5) is 29.1. The number of unbranched alkanes of at least 4 members (excludes halogenated alkanes) is 2. The molecule has 0 saturated carbocycles. The van der Waals surface area contributed by atoms with E-state index in [1.165, 1.54) is 11.8 Å². The zero-order chi connectivity index (χ0) is 20.2. The smallest absolute Gasteiger partial charge is 0.266 e. The summed E-state index contributed by atoms with van der Waals surface area (Å²) in [6.45, 7) is 2.64. The highest BCUT2D eigenvalue weighted by atomic mass is 32.2. The Kier molecular flexibility index (Phi) is 6.40. The van der Waals surface area contributed by atoms with Gasteiger partial charge in [-0.25, -0.2) is 0 Å². The maximum Gasteiger partial charge on any atom is 0.266 e. The summed E-state index contributed by atoms with van der Waals surface area (Å²) in [6, 6.07) is 5.61. The van der Waals surface area contributed by atoms with E-state index in [1.54, 1.807) is 4.90 Å². The van der Waals surface area contributed by atoms with Crippen LogP contribution in [0.1, 0.15) is 44.1 Å². The van der Waals surface area contributed by atoms with E-state index in [0.29, 0.717) is 27.9 Å². The Morgan fingerprint density at radius 3 is 2.76 bits per heavy atom. The van der Waals surface area contributed by atoms with E-state index in [1.807, 2.05) is 29.2 Å². The molecular weight excluding hydrogens is 408 g/mol. The molecule has 1 aromatic rings. The highest BCUT2D eigenvalue weighted by Crippen LogP contribution is 2.36. The second-order valence-corrected chi connectivity index (χ2v) is 9.02. The minimum Gasteiger partial charge on any atom is -0.454 e. The first-order chi connectivity index (χ1) is 14.1. The zero-order valence-electron chi connectivity index (χ0n) is 16.2. The molecule has 0 N–H and O–H groups in total. The predicted octanol–water partition coefficient (Wildman–Crippen LogP) is 3.80. The third-order valence-electron chi connectivity index (χ3n) is 5.30. The van der Waals surface area contributed by atoms with Crippen LogP contribution in [0.15, 0.2) is 23.1 Å². The van der Waals surface area contributed by atoms with Crippen molar-refractivity contribution in [2.24, 2.45) is 0 Å². The molecule has 4 rings (SSSR count). The van der Waals surface area contributed by atoms with Gasteiger partial charge in [0.2, 0.25) is 12.7 Å². The van der Waals surface area contributed by atoms with Gasteiger partial charge in [-0.05, 0) is 49.5 Å². The quantitative estimate of drug-likeness (QED) is 0.371. The second kappa shape index (κ2) is 9.17. The Bertz CT molecular complexity index is 849. The van der Waals surface area contributed by atoms with Gasteiger partial charge in [-0.2, -0.15) is 0 Å². The minimum absolute atomic E-state index is 0.0502. The van der Waals surface area contributed by atoms with Crippen molar-refractivity contribution >= 4 is 46.2 Å². The average molecular weight is 433 g/mol. The highest BCUT2D eigenvalue weighted by molar-refractivity contribution is 8.26. The number of thiocarbonyl (C=S) groups is 1. The fourth-order valence-corrected chi connectivity index (χ4v) is 5.00. The number of amides is 2. The number of benzene rings is 1. The summed E-state index contributed by atoms with van der Waals surface area (Å²) >= 11 is 6.74. The molecule has 2 amide bonds. The van der Waals surface area contributed by atoms with Crippen LogP contribution >= 0.6 is 24.0 Å². The largest absolute Gasteiger partial charge is 0.454 e. The average Bonchev–Trinajstić information content (AvgIpc) is 3.45. The van der Waals surface area contributed by atoms with Crippen molar-refractivity contribution in [2.45, 2.75) is 38.5 Å². The summed E-state index contributed by atoms with van der Waals surface area (Å²) in [6.07, 6.45) is 7.31. The van der Waals surface area contributed by atoms with Gasteiger partial charge in [0.15, 0.2) is 11.5 Å². The third kappa shape index (κ3) is 4.75. The van der Waals surface area contributed by atoms with Crippen LogP contribution in [0.2, 0.25) is 0 Å². The van der Waals surface area contributed by atoms with Crippen LogP contribution < -0.4 is 9.47 Å². The van der Waals surface area contributed by atoms with Crippen molar-refractivity contribution in [3.63, 3.8) is 0 Å². The maximum atomic E-state index is 12.7. The summed E-state index contributed by atoms with van der Waals surface area (Å²) < 4.78 is 11.3. The minimum atomic E-state index is -0.0502. The van der Waals surface area contributed by atoms with Crippen LogP contribution in [0.4, 0.5) is 0 Å². The Labute approximate surface area is 180 Å². The van der Waals surface area contributed by atoms with E-state index in [9.17, 15) is 9.59 Å². The van der Waals surface area contributed by atoms with Crippen molar-refractivity contribution in [1.29, 1.82) is 0 Å². The molecule has 0 atom stereocenters. The molecule has 0 spiro atoms. The molecule has 8 heteroatoms. The molecule has 6 nitrogen and oxygen atoms in total. The number of fused-ring (bicyclic) bond motifs is 1. The first kappa shape index (κ1) is 20.2. The van der Waals surface area contributed by atoms with Crippen LogP contribution in [0, 0.1) is 0 Å². The topological polar surface area (TPSA) is 59.1 Å². The van der Waals surface area contributed by atoms with E-state index in [4.69, 9.17) is 21.7 Å². The van der Waals surface area contributed by atoms with Crippen LogP contribution in [0.3, 0.4) is 0 Å². The van der Waals surface area contributed by atoms with Gasteiger partial charge in [0.05, 0.1) is 4.91 Å². The molecule has 2 saturated heterocycles. The third-order valence-corrected chi connectivity index (χ3v) is 6.68. The summed E-state index contributed by atoms with van der Waals surface area (Å²) in [5.41, 5.74) is 0.884. The number of carbonyl (C=O) groups excluding carboxylic acids is 2. The SMILES string of the molecule is O=C(CCCCCN1C(=O)C(=Cc2ccc3c(c2)OCO3)SC1=S)N1CCCC1. The lowest BCUT2D eigenvalue weighted by atomic mass is 10.1. The van der Waals surface area contributed by atoms with Gasteiger partial charge in [0.25, 0.3) is 5.91 Å². The molecular formula is C21H24N2O4S2. The van der Waals surface area contributed by atoms with Crippen molar-refractivity contribution < 1.29 is 19.1 Å². The van der Waals surface area contributed by atoms with Gasteiger partial charge in [-0.15, -0.1) is 0 Å². The molecule has 154 valence electrons. The molecule has 0 aliphatic carbocycles. The summed E-state index contributed by atoms with van der Waals surface area (Å²) in [7, 11) is 0. The van der Waals surface area contributed by atoms with Crippen molar-refractivity contribution in [1.82, 2.24) is 9.80 Å². The van der Waals surface area contributed by atoms with Crippen molar-refractivity contribution in [2.75, 3.05) is 26.4 Å². The van der Waals surface area contributed by atoms with Crippen LogP contribution in [0.5, 0.6) is 11.5 Å². The molecule has 0 aromatic heterocycles. The van der Waals surface area contributed by atoms with Crippen LogP contribution in [-0.4, -0.2) is 52.4 Å². The number of rotatable bonds is 7. The molecule has 3 aliphatic rings. The Morgan fingerprint density at radius 2 is 1.93 bits per heavy atom. The molecule has 2 fully saturated rings. The van der Waals surface area contributed by atoms with E-state index < -0.39 is 0 Å². The van der Waals surface area contributed by atoms with Gasteiger partial charge < -0.3 is 14.4 Å². The predicted molar refractivity (Wildman–Crippen MR) is 117 cm³/mol. The first-order valence-corrected chi connectivity index (χ1v) is 11.3. The molecule has 0 radical (unpaired) electrons. The molecule has 0 bridgehead atoms. The highest BCUT2D eigenvalue weighted by Gasteiger charge is 2.31. The standard InChI is InChI=1S/C21H24N2O4S2/c24-19(22-9-4-5-10-22)6-2-1-3-11-23-20(25)18(29-21(23)28)13-15-7-8-16-17(12-15)27-14-26-16/h7-8,12-13H,1-6,9-11,14H2. The summed E-state index contributed by atoms with van der Waals surface area (Å²) in [5, 5.41) is 0. The normalized spacial score (nSPS) is 19.7. The number of carbonyl (C=O) groups is 2. The lowest BCUT2D eigenvalue weighted by molar-refractivity contribution is -0.130. The van der Waals surface area contributed by atoms with Crippen molar-refractivity contribution in [3.8, 4) is 11.5 Å². The first-order valence-electron chi connectivity index (χ1n) is 10.0. The van der Waals surface area contributed by atoms with Gasteiger partial charge in [-0.1, -0.05) is 36.5 Å². The van der Waals surface area contributed by atoms with Gasteiger partial charge in [0, 0.05) is 26.1 Å². The van der Waals surface area contributed by atoms with E-state index in [-0.39, 0.29) is 18.6 Å². The molecule has 29 heavy (non-hydrogen) atoms. The van der Waals surface area contributed by atoms with Gasteiger partial charge in [0.1, 0.15) is 4.32 Å². The monoisotopic (exact) mass is 432 g/mol. The van der Waals surface area contributed by atoms with E-state index in [2.05, 4.69) is 0 Å². The fraction of sp³-hybridized carbons (Fsp3) is 0.476. The number of likely N-dealkylation sites (tertiary alicyclic amines) is 1. The Balaban J connectivity index is 1.25. The number of thioether (sulfide) groups is 1. The van der Waals surface area contributed by atoms with Gasteiger partial charge >= 0.3 is 0 Å².